The van der Waals surface area contributed by atoms with Crippen LogP contribution in [0.25, 0.3) is 0 Å². The molecule has 0 heterocycles. The highest BCUT2D eigenvalue weighted by Gasteiger charge is 2.55. The molecule has 2 rings (SSSR count). The second-order valence-corrected chi connectivity index (χ2v) is 12.9. The third-order valence-corrected chi connectivity index (χ3v) is 8.28. The third kappa shape index (κ3) is 7.08. The van der Waals surface area contributed by atoms with Crippen molar-refractivity contribution in [1.82, 2.24) is 0 Å². The third-order valence-electron chi connectivity index (χ3n) is 8.28. The maximum Gasteiger partial charge on any atom is 0.175 e. The molecule has 0 saturated carbocycles. The first-order valence-corrected chi connectivity index (χ1v) is 14.9. The summed E-state index contributed by atoms with van der Waals surface area (Å²) in [6.45, 7) is 12.1. The van der Waals surface area contributed by atoms with Gasteiger partial charge in [0.15, 0.2) is 17.3 Å². The van der Waals surface area contributed by atoms with Gasteiger partial charge in [-0.25, -0.2) is 0 Å². The lowest BCUT2D eigenvalue weighted by Gasteiger charge is -2.41. The lowest BCUT2D eigenvalue weighted by molar-refractivity contribution is -0.144. The average molecular weight is 559 g/mol. The Bertz CT molecular complexity index is 1120. The molecule has 1 atom stereocenters. The van der Waals surface area contributed by atoms with Crippen LogP contribution in [0, 0.1) is 16.7 Å². The van der Waals surface area contributed by atoms with E-state index in [4.69, 9.17) is 0 Å². The summed E-state index contributed by atoms with van der Waals surface area (Å²) in [5, 5.41) is 44.1. The van der Waals surface area contributed by atoms with E-state index < -0.39 is 57.1 Å². The summed E-state index contributed by atoms with van der Waals surface area (Å²) in [6, 6.07) is 1.01. The zero-order chi connectivity index (χ0) is 30.4. The van der Waals surface area contributed by atoms with Gasteiger partial charge < -0.3 is 20.4 Å². The highest BCUT2D eigenvalue weighted by Crippen LogP contribution is 2.52. The number of hydrogen-bond donors (Lipinski definition) is 4. The molecular formula is C33H50O7. The maximum absolute atomic E-state index is 13.6. The van der Waals surface area contributed by atoms with Gasteiger partial charge in [-0.15, -0.1) is 0 Å². The highest BCUT2D eigenvalue weighted by atomic mass is 16.3. The molecule has 0 spiro atoms. The number of carbonyl (C=O) groups is 3. The van der Waals surface area contributed by atoms with Crippen LogP contribution in [0.3, 0.4) is 0 Å². The predicted octanol–water partition coefficient (Wildman–Crippen LogP) is 8.05. The van der Waals surface area contributed by atoms with E-state index in [0.29, 0.717) is 6.42 Å². The average Bonchev–Trinajstić information content (AvgIpc) is 2.85. The van der Waals surface area contributed by atoms with E-state index in [9.17, 15) is 34.8 Å². The van der Waals surface area contributed by atoms with E-state index in [1.807, 2.05) is 13.8 Å². The smallest absolute Gasteiger partial charge is 0.175 e. The van der Waals surface area contributed by atoms with Crippen molar-refractivity contribution in [3.63, 3.8) is 0 Å². The van der Waals surface area contributed by atoms with E-state index in [2.05, 4.69) is 6.92 Å². The normalized spacial score (nSPS) is 17.5. The molecule has 0 bridgehead atoms. The second kappa shape index (κ2) is 13.7. The number of aliphatic hydroxyl groups is 1. The number of carbonyl (C=O) groups excluding carboxylic acids is 3. The number of ketones is 3. The quantitative estimate of drug-likeness (QED) is 0.0972. The van der Waals surface area contributed by atoms with Gasteiger partial charge in [-0.2, -0.15) is 0 Å². The molecule has 0 radical (unpaired) electrons. The number of phenols is 3. The fourth-order valence-electron chi connectivity index (χ4n) is 5.94. The van der Waals surface area contributed by atoms with Crippen LogP contribution < -0.4 is 0 Å². The lowest BCUT2D eigenvalue weighted by Crippen LogP contribution is -2.49. The molecule has 1 unspecified atom stereocenters. The van der Waals surface area contributed by atoms with Crippen LogP contribution in [-0.4, -0.2) is 37.8 Å². The SMILES string of the molecule is CCCCCCCCCCCC(=O)c1c(O)cc(O)c(C(CC(C)C)C2=C(O)C(C)(C)C(=O)C(C)(C)C2=O)c1O. The molecule has 0 amide bonds. The van der Waals surface area contributed by atoms with Crippen molar-refractivity contribution in [3.8, 4) is 17.2 Å². The van der Waals surface area contributed by atoms with Crippen molar-refractivity contribution < 1.29 is 34.8 Å². The Morgan fingerprint density at radius 3 is 1.85 bits per heavy atom. The van der Waals surface area contributed by atoms with Crippen LogP contribution in [0.15, 0.2) is 17.4 Å². The maximum atomic E-state index is 13.6. The Kier molecular flexibility index (Phi) is 11.4. The van der Waals surface area contributed by atoms with Crippen LogP contribution in [0.4, 0.5) is 0 Å². The first kappa shape index (κ1) is 33.4. The number of rotatable bonds is 15. The van der Waals surface area contributed by atoms with Gasteiger partial charge in [0.25, 0.3) is 0 Å². The minimum absolute atomic E-state index is 0.0457. The van der Waals surface area contributed by atoms with E-state index in [-0.39, 0.29) is 35.5 Å². The molecule has 40 heavy (non-hydrogen) atoms. The van der Waals surface area contributed by atoms with Crippen LogP contribution in [-0.2, 0) is 9.59 Å². The Balaban J connectivity index is 2.41. The summed E-state index contributed by atoms with van der Waals surface area (Å²) in [4.78, 5) is 39.9. The van der Waals surface area contributed by atoms with Gasteiger partial charge in [-0.05, 0) is 46.5 Å². The Labute approximate surface area is 239 Å². The molecule has 1 aliphatic carbocycles. The van der Waals surface area contributed by atoms with Crippen LogP contribution in [0.1, 0.15) is 141 Å². The van der Waals surface area contributed by atoms with Gasteiger partial charge in [-0.1, -0.05) is 72.1 Å². The van der Waals surface area contributed by atoms with Gasteiger partial charge in [0.05, 0.1) is 10.8 Å². The number of hydrogen-bond acceptors (Lipinski definition) is 7. The number of phenolic OH excluding ortho intramolecular Hbond substituents is 3. The molecule has 0 aliphatic heterocycles. The first-order chi connectivity index (χ1) is 18.6. The highest BCUT2D eigenvalue weighted by molar-refractivity contribution is 6.19. The van der Waals surface area contributed by atoms with Gasteiger partial charge >= 0.3 is 0 Å². The fraction of sp³-hybridized carbons (Fsp3) is 0.667. The van der Waals surface area contributed by atoms with Crippen LogP contribution in [0.2, 0.25) is 0 Å². The van der Waals surface area contributed by atoms with E-state index >= 15 is 0 Å². The minimum atomic E-state index is -1.43. The largest absolute Gasteiger partial charge is 0.511 e. The predicted molar refractivity (Wildman–Crippen MR) is 157 cm³/mol. The molecule has 0 saturated heterocycles. The summed E-state index contributed by atoms with van der Waals surface area (Å²) in [5.74, 6) is -4.53. The summed E-state index contributed by atoms with van der Waals surface area (Å²) in [7, 11) is 0. The molecule has 1 aliphatic rings. The number of benzene rings is 1. The monoisotopic (exact) mass is 558 g/mol. The summed E-state index contributed by atoms with van der Waals surface area (Å²) >= 11 is 0. The Hall–Kier alpha value is -2.83. The van der Waals surface area contributed by atoms with Crippen molar-refractivity contribution in [3.05, 3.63) is 28.5 Å². The van der Waals surface area contributed by atoms with E-state index in [0.717, 1.165) is 25.3 Å². The summed E-state index contributed by atoms with van der Waals surface area (Å²) in [6.07, 6.45) is 10.1. The minimum Gasteiger partial charge on any atom is -0.511 e. The summed E-state index contributed by atoms with van der Waals surface area (Å²) in [5.41, 5.74) is -3.25. The Morgan fingerprint density at radius 2 is 1.32 bits per heavy atom. The Morgan fingerprint density at radius 1 is 0.800 bits per heavy atom. The molecule has 7 heteroatoms. The van der Waals surface area contributed by atoms with Gasteiger partial charge in [-0.3, -0.25) is 14.4 Å². The van der Waals surface area contributed by atoms with Crippen LogP contribution in [0.5, 0.6) is 17.2 Å². The lowest BCUT2D eigenvalue weighted by atomic mass is 9.60. The van der Waals surface area contributed by atoms with Crippen molar-refractivity contribution in [1.29, 1.82) is 0 Å². The molecule has 4 N–H and O–H groups in total. The van der Waals surface area contributed by atoms with E-state index in [1.165, 1.54) is 46.0 Å². The zero-order valence-corrected chi connectivity index (χ0v) is 25.5. The molecule has 0 fully saturated rings. The van der Waals surface area contributed by atoms with Crippen molar-refractivity contribution in [2.24, 2.45) is 16.7 Å². The van der Waals surface area contributed by atoms with Gasteiger partial charge in [0, 0.05) is 29.5 Å². The number of aromatic hydroxyl groups is 3. The number of allylic oxidation sites excluding steroid dienone is 2. The van der Waals surface area contributed by atoms with Crippen LogP contribution >= 0.6 is 0 Å². The topological polar surface area (TPSA) is 132 Å². The standard InChI is InChI=1S/C33H50O7/c1-8-9-10-11-12-13-14-15-16-17-22(34)27-24(36)19-23(35)25(28(27)37)21(18-20(2)3)26-29(38)32(4,5)31(40)33(6,7)30(26)39/h19-21,35-38H,8-18H2,1-7H3. The van der Waals surface area contributed by atoms with Crippen molar-refractivity contribution in [2.45, 2.75) is 125 Å². The molecular weight excluding hydrogens is 508 g/mol. The van der Waals surface area contributed by atoms with Crippen molar-refractivity contribution >= 4 is 17.3 Å². The summed E-state index contributed by atoms with van der Waals surface area (Å²) < 4.78 is 0. The van der Waals surface area contributed by atoms with Crippen molar-refractivity contribution in [2.75, 3.05) is 0 Å². The molecule has 7 nitrogen and oxygen atoms in total. The first-order valence-electron chi connectivity index (χ1n) is 14.9. The second-order valence-electron chi connectivity index (χ2n) is 12.9. The zero-order valence-electron chi connectivity index (χ0n) is 25.5. The fourth-order valence-corrected chi connectivity index (χ4v) is 5.94. The molecule has 0 aromatic heterocycles. The molecule has 1 aromatic carbocycles. The van der Waals surface area contributed by atoms with Gasteiger partial charge in [0.1, 0.15) is 28.6 Å². The molecule has 224 valence electrons. The van der Waals surface area contributed by atoms with E-state index in [1.54, 1.807) is 13.8 Å². The number of unbranched alkanes of at least 4 members (excludes halogenated alkanes) is 8. The van der Waals surface area contributed by atoms with Gasteiger partial charge in [0.2, 0.25) is 0 Å². The number of Topliss-reactive ketones (excluding diaryl/α,β-unsaturated/α-hetero) is 3. The number of aliphatic hydroxyl groups excluding tert-OH is 1. The molecule has 1 aromatic rings.